The van der Waals surface area contributed by atoms with Crippen molar-refractivity contribution in [3.63, 3.8) is 0 Å². The Hall–Kier alpha value is -0.920. The second-order valence-corrected chi connectivity index (χ2v) is 3.64. The molecule has 3 heteroatoms. The van der Waals surface area contributed by atoms with Crippen LogP contribution in [0.25, 0.3) is 10.8 Å². The fraction of sp³-hybridized carbons (Fsp3) is 0. The molecule has 1 N–H and O–H groups in total. The first-order valence-corrected chi connectivity index (χ1v) is 4.50. The summed E-state index contributed by atoms with van der Waals surface area (Å²) in [6, 6.07) is 8.47. The molecule has 1 nitrogen and oxygen atoms in total. The van der Waals surface area contributed by atoms with Crippen molar-refractivity contribution < 1.29 is 5.11 Å². The second kappa shape index (κ2) is 3.09. The molecule has 0 spiro atoms. The minimum absolute atomic E-state index is 0.205. The van der Waals surface area contributed by atoms with Crippen LogP contribution in [0.5, 0.6) is 5.75 Å². The van der Waals surface area contributed by atoms with Crippen LogP contribution in [0.1, 0.15) is 0 Å². The van der Waals surface area contributed by atoms with Gasteiger partial charge in [0, 0.05) is 10.4 Å². The summed E-state index contributed by atoms with van der Waals surface area (Å²) >= 11 is 11.8. The molecule has 0 radical (unpaired) electrons. The van der Waals surface area contributed by atoms with Crippen LogP contribution in [-0.2, 0) is 0 Å². The zero-order valence-corrected chi connectivity index (χ0v) is 8.10. The third kappa shape index (κ3) is 1.58. The Morgan fingerprint density at radius 3 is 2.54 bits per heavy atom. The summed E-state index contributed by atoms with van der Waals surface area (Å²) in [5.41, 5.74) is 0. The van der Waals surface area contributed by atoms with Gasteiger partial charge in [-0.2, -0.15) is 0 Å². The Kier molecular flexibility index (Phi) is 2.06. The van der Waals surface area contributed by atoms with E-state index in [0.29, 0.717) is 10.0 Å². The lowest BCUT2D eigenvalue weighted by Crippen LogP contribution is -1.75. The predicted molar refractivity (Wildman–Crippen MR) is 55.6 cm³/mol. The van der Waals surface area contributed by atoms with E-state index in [1.54, 1.807) is 24.3 Å². The van der Waals surface area contributed by atoms with E-state index in [9.17, 15) is 5.11 Å². The van der Waals surface area contributed by atoms with Gasteiger partial charge in [-0.05, 0) is 29.7 Å². The number of hydrogen-bond acceptors (Lipinski definition) is 1. The Labute approximate surface area is 85.5 Å². The lowest BCUT2D eigenvalue weighted by Gasteiger charge is -2.01. The van der Waals surface area contributed by atoms with Crippen LogP contribution in [0, 0.1) is 0 Å². The number of phenols is 1. The van der Waals surface area contributed by atoms with Gasteiger partial charge in [-0.25, -0.2) is 0 Å². The van der Waals surface area contributed by atoms with Crippen molar-refractivity contribution in [2.45, 2.75) is 0 Å². The first kappa shape index (κ1) is 8.67. The minimum atomic E-state index is 0.205. The standard InChI is InChI=1S/C10H6Cl2O/c11-7-3-6-1-2-8(13)5-9(6)10(12)4-7/h1-5,13H. The maximum Gasteiger partial charge on any atom is 0.116 e. The van der Waals surface area contributed by atoms with Crippen LogP contribution in [0.3, 0.4) is 0 Å². The van der Waals surface area contributed by atoms with Gasteiger partial charge in [0.1, 0.15) is 5.75 Å². The Morgan fingerprint density at radius 1 is 1.00 bits per heavy atom. The molecule has 0 aliphatic rings. The van der Waals surface area contributed by atoms with Crippen molar-refractivity contribution in [3.05, 3.63) is 40.4 Å². The van der Waals surface area contributed by atoms with Gasteiger partial charge in [0.2, 0.25) is 0 Å². The van der Waals surface area contributed by atoms with Crippen molar-refractivity contribution in [1.29, 1.82) is 0 Å². The van der Waals surface area contributed by atoms with E-state index in [0.717, 1.165) is 10.8 Å². The van der Waals surface area contributed by atoms with Gasteiger partial charge in [0.05, 0.1) is 5.02 Å². The van der Waals surface area contributed by atoms with Gasteiger partial charge >= 0.3 is 0 Å². The number of phenolic OH excluding ortho intramolecular Hbond substituents is 1. The van der Waals surface area contributed by atoms with Gasteiger partial charge in [-0.15, -0.1) is 0 Å². The van der Waals surface area contributed by atoms with Crippen molar-refractivity contribution >= 4 is 34.0 Å². The summed E-state index contributed by atoms with van der Waals surface area (Å²) in [4.78, 5) is 0. The van der Waals surface area contributed by atoms with Gasteiger partial charge in [0.25, 0.3) is 0 Å². The molecular formula is C10H6Cl2O. The topological polar surface area (TPSA) is 20.2 Å². The summed E-state index contributed by atoms with van der Waals surface area (Å²) in [6.07, 6.45) is 0. The smallest absolute Gasteiger partial charge is 0.116 e. The zero-order chi connectivity index (χ0) is 9.42. The molecule has 2 aromatic carbocycles. The van der Waals surface area contributed by atoms with Crippen LogP contribution in [0.15, 0.2) is 30.3 Å². The summed E-state index contributed by atoms with van der Waals surface area (Å²) in [5.74, 6) is 0.205. The van der Waals surface area contributed by atoms with E-state index < -0.39 is 0 Å². The van der Waals surface area contributed by atoms with Gasteiger partial charge < -0.3 is 5.11 Å². The molecule has 0 aromatic heterocycles. The van der Waals surface area contributed by atoms with Gasteiger partial charge in [0.15, 0.2) is 0 Å². The fourth-order valence-electron chi connectivity index (χ4n) is 1.27. The largest absolute Gasteiger partial charge is 0.508 e. The molecule has 0 atom stereocenters. The van der Waals surface area contributed by atoms with Crippen LogP contribution in [-0.4, -0.2) is 5.11 Å². The maximum absolute atomic E-state index is 9.23. The molecular weight excluding hydrogens is 207 g/mol. The molecule has 0 fully saturated rings. The molecule has 0 aliphatic heterocycles. The van der Waals surface area contributed by atoms with Crippen molar-refractivity contribution in [2.75, 3.05) is 0 Å². The first-order chi connectivity index (χ1) is 6.16. The number of aromatic hydroxyl groups is 1. The van der Waals surface area contributed by atoms with Crippen molar-refractivity contribution in [3.8, 4) is 5.75 Å². The lowest BCUT2D eigenvalue weighted by molar-refractivity contribution is 0.476. The average molecular weight is 213 g/mol. The molecule has 2 aromatic rings. The molecule has 66 valence electrons. The monoisotopic (exact) mass is 212 g/mol. The SMILES string of the molecule is Oc1ccc2cc(Cl)cc(Cl)c2c1. The van der Waals surface area contributed by atoms with Crippen molar-refractivity contribution in [1.82, 2.24) is 0 Å². The molecule has 0 unspecified atom stereocenters. The fourth-order valence-corrected chi connectivity index (χ4v) is 1.83. The van der Waals surface area contributed by atoms with E-state index in [-0.39, 0.29) is 5.75 Å². The number of halogens is 2. The van der Waals surface area contributed by atoms with E-state index in [2.05, 4.69) is 0 Å². The highest BCUT2D eigenvalue weighted by Crippen LogP contribution is 2.30. The highest BCUT2D eigenvalue weighted by molar-refractivity contribution is 6.38. The summed E-state index contributed by atoms with van der Waals surface area (Å²) in [5, 5.41) is 12.1. The molecule has 0 heterocycles. The number of fused-ring (bicyclic) bond motifs is 1. The van der Waals surface area contributed by atoms with Crippen LogP contribution in [0.2, 0.25) is 10.0 Å². The van der Waals surface area contributed by atoms with Crippen LogP contribution in [0.4, 0.5) is 0 Å². The quantitative estimate of drug-likeness (QED) is 0.704. The van der Waals surface area contributed by atoms with E-state index in [4.69, 9.17) is 23.2 Å². The average Bonchev–Trinajstić information content (AvgIpc) is 2.06. The summed E-state index contributed by atoms with van der Waals surface area (Å²) in [7, 11) is 0. The Bertz CT molecular complexity index is 466. The van der Waals surface area contributed by atoms with E-state index >= 15 is 0 Å². The zero-order valence-electron chi connectivity index (χ0n) is 6.59. The molecule has 0 aliphatic carbocycles. The Morgan fingerprint density at radius 2 is 1.77 bits per heavy atom. The highest BCUT2D eigenvalue weighted by atomic mass is 35.5. The van der Waals surface area contributed by atoms with E-state index in [1.165, 1.54) is 0 Å². The predicted octanol–water partition coefficient (Wildman–Crippen LogP) is 3.85. The number of rotatable bonds is 0. The maximum atomic E-state index is 9.23. The van der Waals surface area contributed by atoms with Gasteiger partial charge in [-0.1, -0.05) is 29.3 Å². The van der Waals surface area contributed by atoms with E-state index in [1.807, 2.05) is 6.07 Å². The summed E-state index contributed by atoms with van der Waals surface area (Å²) in [6.45, 7) is 0. The second-order valence-electron chi connectivity index (χ2n) is 2.79. The summed E-state index contributed by atoms with van der Waals surface area (Å²) < 4.78 is 0. The first-order valence-electron chi connectivity index (χ1n) is 3.74. The van der Waals surface area contributed by atoms with Crippen LogP contribution >= 0.6 is 23.2 Å². The highest BCUT2D eigenvalue weighted by Gasteiger charge is 2.01. The third-order valence-corrected chi connectivity index (χ3v) is 2.38. The molecule has 13 heavy (non-hydrogen) atoms. The minimum Gasteiger partial charge on any atom is -0.508 e. The van der Waals surface area contributed by atoms with Gasteiger partial charge in [-0.3, -0.25) is 0 Å². The molecule has 0 amide bonds. The lowest BCUT2D eigenvalue weighted by atomic mass is 10.1. The van der Waals surface area contributed by atoms with Crippen molar-refractivity contribution in [2.24, 2.45) is 0 Å². The molecule has 0 saturated heterocycles. The molecule has 0 bridgehead atoms. The normalized spacial score (nSPS) is 10.6. The number of hydrogen-bond donors (Lipinski definition) is 1. The number of benzene rings is 2. The Balaban J connectivity index is 2.87. The molecule has 0 saturated carbocycles. The molecule has 2 rings (SSSR count). The third-order valence-electron chi connectivity index (χ3n) is 1.85. The van der Waals surface area contributed by atoms with Crippen LogP contribution < -0.4 is 0 Å².